The van der Waals surface area contributed by atoms with Crippen LogP contribution in [0.4, 0.5) is 11.4 Å². The number of Topliss-reactive ketones (excluding diaryl/α,β-unsaturated/α-hetero) is 1. The number of nitrogens with two attached hydrogens (primary N) is 3. The number of ketones is 5. The molecule has 6 aromatic carbocycles. The molecule has 4 heterocycles. The second-order valence-electron chi connectivity index (χ2n) is 28.7. The van der Waals surface area contributed by atoms with Crippen LogP contribution in [0.2, 0.25) is 0 Å². The number of aliphatic hydroxyl groups excluding tert-OH is 5. The lowest BCUT2D eigenvalue weighted by Crippen LogP contribution is -2.53. The molecule has 2 fully saturated rings. The Labute approximate surface area is 666 Å². The van der Waals surface area contributed by atoms with E-state index in [1.807, 2.05) is 12.1 Å². The van der Waals surface area contributed by atoms with Crippen LogP contribution in [0.3, 0.4) is 0 Å². The number of fused-ring (bicyclic) bond motifs is 6. The van der Waals surface area contributed by atoms with Gasteiger partial charge < -0.3 is 96.1 Å². The molecule has 6 aromatic rings. The van der Waals surface area contributed by atoms with Gasteiger partial charge in [0, 0.05) is 115 Å². The molecule has 0 spiro atoms. The number of carbonyl (C=O) groups is 10. The molecule has 4 aliphatic heterocycles. The number of nitrogens with one attached hydrogen (secondary N) is 2. The summed E-state index contributed by atoms with van der Waals surface area (Å²) in [5, 5.41) is 124. The van der Waals surface area contributed by atoms with Gasteiger partial charge in [0.1, 0.15) is 58.5 Å². The van der Waals surface area contributed by atoms with Gasteiger partial charge in [-0.15, -0.1) is 12.4 Å². The maximum Gasteiger partial charge on any atom is 0.258 e. The minimum absolute atomic E-state index is 0. The fourth-order valence-corrected chi connectivity index (χ4v) is 15.4. The van der Waals surface area contributed by atoms with Crippen molar-refractivity contribution in [3.05, 3.63) is 187 Å². The summed E-state index contributed by atoms with van der Waals surface area (Å²) in [5.74, 6) is -3.81. The van der Waals surface area contributed by atoms with Gasteiger partial charge in [-0.3, -0.25) is 53.8 Å². The summed E-state index contributed by atoms with van der Waals surface area (Å²) >= 11 is 0. The Kier molecular flexibility index (Phi) is 25.8. The number of halogens is 1. The van der Waals surface area contributed by atoms with E-state index in [-0.39, 0.29) is 112 Å². The quantitative estimate of drug-likeness (QED) is 0.0127. The Morgan fingerprint density at radius 2 is 0.966 bits per heavy atom. The van der Waals surface area contributed by atoms with E-state index < -0.39 is 210 Å². The molecule has 35 nitrogen and oxygen atoms in total. The number of ether oxygens (including phenoxy) is 6. The number of phenolic OH excluding ortho intramolecular Hbond substituents is 4. The molecular formula is C80H85ClN8O27. The van der Waals surface area contributed by atoms with Crippen LogP contribution in [-0.2, 0) is 73.4 Å². The van der Waals surface area contributed by atoms with Gasteiger partial charge in [0.25, 0.3) is 23.6 Å². The Bertz CT molecular complexity index is 5000. The van der Waals surface area contributed by atoms with Crippen LogP contribution in [0.15, 0.2) is 114 Å². The van der Waals surface area contributed by atoms with Crippen molar-refractivity contribution in [1.82, 2.24) is 10.9 Å². The number of benzene rings is 6. The van der Waals surface area contributed by atoms with E-state index >= 15 is 0 Å². The van der Waals surface area contributed by atoms with E-state index in [1.54, 1.807) is 50.2 Å². The van der Waals surface area contributed by atoms with Gasteiger partial charge in [-0.2, -0.15) is 5.10 Å². The molecule has 5 amide bonds. The van der Waals surface area contributed by atoms with Gasteiger partial charge >= 0.3 is 0 Å². The normalized spacial score (nSPS) is 25.3. The number of imide groups is 2. The van der Waals surface area contributed by atoms with Crippen LogP contribution in [0.1, 0.15) is 162 Å². The third-order valence-corrected chi connectivity index (χ3v) is 21.5. The Morgan fingerprint density at radius 1 is 0.569 bits per heavy atom. The van der Waals surface area contributed by atoms with Crippen LogP contribution < -0.4 is 47.4 Å². The van der Waals surface area contributed by atoms with Crippen LogP contribution in [0.5, 0.6) is 34.5 Å². The van der Waals surface area contributed by atoms with Gasteiger partial charge in [0.2, 0.25) is 17.5 Å². The number of hydrogen-bond donors (Lipinski definition) is 16. The van der Waals surface area contributed by atoms with E-state index in [0.29, 0.717) is 29.8 Å². The van der Waals surface area contributed by atoms with Crippen LogP contribution in [0, 0.1) is 0 Å². The Morgan fingerprint density at radius 3 is 1.35 bits per heavy atom. The zero-order valence-electron chi connectivity index (χ0n) is 62.7. The number of rotatable bonds is 20. The SMILES string of the molecule is COc1cccc2c1C(=O)c1c(O)c3c(c(O)c1C2=O)C[C@@](O)(/C(CO)=N/NC(=O)CCc1ccc(N2C(=O)C=CC2=O)cc1)C[C@@H]3OC1CC(N)C(O)C(C)O1.COc1cccc2c1C(=O)c1c(O)c3c(c(O)c1C2=O)C[C@@](O)(C(=O)CO)C[C@@H]3OC1CC(N)C(O)C(C)O1.Cl.NN[C@@H](O)CCc1ccc(N2C(=O)C=CC2=O)cc1. The minimum Gasteiger partial charge on any atom is -0.507 e. The van der Waals surface area contributed by atoms with E-state index in [1.165, 1.54) is 74.9 Å². The van der Waals surface area contributed by atoms with E-state index in [2.05, 4.69) is 16.0 Å². The summed E-state index contributed by atoms with van der Waals surface area (Å²) in [6.45, 7) is 1.24. The largest absolute Gasteiger partial charge is 0.507 e. The monoisotopic (exact) mass is 1620 g/mol. The molecular weight excluding hydrogens is 1540 g/mol. The molecule has 14 rings (SSSR count). The number of aryl methyl sites for hydroxylation is 2. The standard InChI is InChI=1S/C40H40N4O13.C27H29NO11.C13H15N3O3.ClH/c1-18-35(49)23(41)14-30(56-18)57-25-16-40(54,26(17-45)42-43-27(46)11-8-19-6-9-20(10-7-19)44-28(47)12-13-29(44)48)15-22-32(25)39(53)34-33(37(22)51)36(50)21-4-3-5-24(55-2)31(21)38(34)52;1-10-22(31)13(28)6-17(38-10)39-15-8-27(36,16(30)9-29)7-12-19(15)26(35)21-20(24(12)33)23(32)11-4-3-5-14(37-2)18(11)25(21)34;14-15-11(17)6-3-9-1-4-10(5-2-9)16-12(18)7-8-13(16)19;/h3-7,9-10,12-13,18,23,25,30,35,45,49,51,53-54H,8,11,14-17,41H2,1-2H3,(H,43,46);3-5,10,13,15,17,22,29,31,33,35-36H,6-9,28H2,1-2H3;1-2,4-5,7-8,11,15,17H,3,6,14H2;1H/b42-26+;;;/t18?,23?,25-,30?,35?,40-;10?,13?,15-,17?,22?,27-;11-;/m000./s1. The molecule has 8 unspecified atom stereocenters. The van der Waals surface area contributed by atoms with Gasteiger partial charge in [-0.05, 0) is 80.6 Å². The van der Waals surface area contributed by atoms with Crippen LogP contribution >= 0.6 is 12.4 Å². The lowest BCUT2D eigenvalue weighted by atomic mass is 9.71. The van der Waals surface area contributed by atoms with E-state index in [9.17, 15) is 104 Å². The summed E-state index contributed by atoms with van der Waals surface area (Å²) in [6.07, 6.45) is -5.13. The fourth-order valence-electron chi connectivity index (χ4n) is 15.4. The predicted molar refractivity (Wildman–Crippen MR) is 407 cm³/mol. The maximum absolute atomic E-state index is 14.0. The fraction of sp³-hybridized carbons (Fsp3) is 0.362. The molecule has 0 saturated carbocycles. The minimum atomic E-state index is -2.24. The number of aliphatic hydroxyl groups is 7. The first-order chi connectivity index (χ1) is 54.7. The van der Waals surface area contributed by atoms with Crippen molar-refractivity contribution in [3.8, 4) is 34.5 Å². The number of hydrazine groups is 1. The first-order valence-corrected chi connectivity index (χ1v) is 36.4. The summed E-state index contributed by atoms with van der Waals surface area (Å²) < 4.78 is 34.4. The lowest BCUT2D eigenvalue weighted by molar-refractivity contribution is -0.247. The molecule has 19 N–H and O–H groups in total. The zero-order valence-corrected chi connectivity index (χ0v) is 63.5. The number of phenols is 4. The highest BCUT2D eigenvalue weighted by molar-refractivity contribution is 6.33. The number of anilines is 2. The smallest absolute Gasteiger partial charge is 0.258 e. The van der Waals surface area contributed by atoms with Crippen molar-refractivity contribution in [3.63, 3.8) is 0 Å². The van der Waals surface area contributed by atoms with Crippen molar-refractivity contribution >= 4 is 87.9 Å². The van der Waals surface area contributed by atoms with Crippen molar-refractivity contribution in [2.24, 2.45) is 22.4 Å². The third-order valence-electron chi connectivity index (χ3n) is 21.5. The molecule has 4 aliphatic carbocycles. The zero-order chi connectivity index (χ0) is 83.1. The van der Waals surface area contributed by atoms with Gasteiger partial charge in [-0.1, -0.05) is 48.5 Å². The van der Waals surface area contributed by atoms with Crippen molar-refractivity contribution in [2.75, 3.05) is 37.2 Å². The Balaban J connectivity index is 0.000000192. The van der Waals surface area contributed by atoms with E-state index in [4.69, 9.17) is 45.7 Å². The summed E-state index contributed by atoms with van der Waals surface area (Å²) in [6, 6.07) is 20.7. The first-order valence-electron chi connectivity index (χ1n) is 36.4. The molecule has 116 heavy (non-hydrogen) atoms. The molecule has 0 radical (unpaired) electrons. The highest BCUT2D eigenvalue weighted by atomic mass is 35.5. The number of nitrogens with zero attached hydrogens (tertiary/aromatic N) is 3. The molecule has 614 valence electrons. The third kappa shape index (κ3) is 16.4. The number of hydrogen-bond acceptors (Lipinski definition) is 32. The van der Waals surface area contributed by atoms with Crippen molar-refractivity contribution in [1.29, 1.82) is 0 Å². The van der Waals surface area contributed by atoms with Crippen LogP contribution in [-0.4, -0.2) is 214 Å². The van der Waals surface area contributed by atoms with Gasteiger partial charge in [-0.25, -0.2) is 20.7 Å². The van der Waals surface area contributed by atoms with Gasteiger partial charge in [0.05, 0.1) is 108 Å². The number of aromatic hydroxyl groups is 4. The van der Waals surface area contributed by atoms with Crippen LogP contribution in [0.25, 0.3) is 0 Å². The van der Waals surface area contributed by atoms with Gasteiger partial charge in [0.15, 0.2) is 29.9 Å². The molecule has 8 aliphatic rings. The second kappa shape index (κ2) is 34.9. The molecule has 13 atom stereocenters. The number of hydrazone groups is 1. The molecule has 0 bridgehead atoms. The number of methoxy groups -OCH3 is 2. The van der Waals surface area contributed by atoms with Crippen molar-refractivity contribution < 1.29 is 133 Å². The lowest BCUT2D eigenvalue weighted by Gasteiger charge is -2.43. The highest BCUT2D eigenvalue weighted by Crippen LogP contribution is 2.55. The highest BCUT2D eigenvalue weighted by Gasteiger charge is 2.53. The molecule has 0 aromatic heterocycles. The predicted octanol–water partition coefficient (Wildman–Crippen LogP) is 1.22. The molecule has 36 heteroatoms. The average molecular weight is 1630 g/mol. The topological polar surface area (TPSA) is 570 Å². The van der Waals surface area contributed by atoms with Crippen molar-refractivity contribution in [2.45, 2.75) is 157 Å². The Hall–Kier alpha value is -10.9. The average Bonchev–Trinajstić information content (AvgIpc) is 0.832. The number of amides is 5. The van der Waals surface area contributed by atoms with E-state index in [0.717, 1.165) is 15.4 Å². The molecule has 2 saturated heterocycles. The summed E-state index contributed by atoms with van der Waals surface area (Å²) in [4.78, 5) is 130. The summed E-state index contributed by atoms with van der Waals surface area (Å²) in [5.41, 5.74) is 11.7. The second-order valence-corrected chi connectivity index (χ2v) is 28.7. The summed E-state index contributed by atoms with van der Waals surface area (Å²) in [7, 11) is 2.64. The first kappa shape index (κ1) is 85.9. The maximum atomic E-state index is 14.0. The number of carbonyl (C=O) groups excluding carboxylic acids is 10.